The Hall–Kier alpha value is -2.33. The van der Waals surface area contributed by atoms with Crippen molar-refractivity contribution in [2.45, 2.75) is 0 Å². The molecular weight excluding hydrogens is 278 g/mol. The second kappa shape index (κ2) is 5.75. The number of anilines is 1. The zero-order valence-electron chi connectivity index (χ0n) is 10.7. The fourth-order valence-electron chi connectivity index (χ4n) is 1.76. The monoisotopic (exact) mass is 289 g/mol. The molecule has 0 aliphatic rings. The van der Waals surface area contributed by atoms with Crippen LogP contribution < -0.4 is 4.90 Å². The first-order valence-corrected chi connectivity index (χ1v) is 6.24. The van der Waals surface area contributed by atoms with Gasteiger partial charge in [0.25, 0.3) is 5.91 Å². The average molecular weight is 290 g/mol. The Kier molecular flexibility index (Phi) is 4.05. The highest BCUT2D eigenvalue weighted by atomic mass is 35.5. The topological polar surface area (TPSA) is 57.6 Å². The van der Waals surface area contributed by atoms with Gasteiger partial charge in [0.05, 0.1) is 5.56 Å². The van der Waals surface area contributed by atoms with Crippen molar-refractivity contribution in [2.75, 3.05) is 11.9 Å². The molecule has 0 saturated heterocycles. The predicted octanol–water partition coefficient (Wildman–Crippen LogP) is 3.31. The smallest absolute Gasteiger partial charge is 0.335 e. The number of carbonyl (C=O) groups excluding carboxylic acids is 1. The molecule has 0 heterocycles. The van der Waals surface area contributed by atoms with Crippen molar-refractivity contribution in [2.24, 2.45) is 0 Å². The van der Waals surface area contributed by atoms with Gasteiger partial charge in [-0.1, -0.05) is 17.7 Å². The molecule has 0 saturated carbocycles. The van der Waals surface area contributed by atoms with E-state index in [-0.39, 0.29) is 11.5 Å². The number of amides is 1. The van der Waals surface area contributed by atoms with Crippen molar-refractivity contribution < 1.29 is 14.7 Å². The van der Waals surface area contributed by atoms with Crippen molar-refractivity contribution in [1.82, 2.24) is 0 Å². The lowest BCUT2D eigenvalue weighted by Crippen LogP contribution is -2.26. The Balaban J connectivity index is 2.24. The van der Waals surface area contributed by atoms with Crippen molar-refractivity contribution in [3.05, 3.63) is 64.7 Å². The summed E-state index contributed by atoms with van der Waals surface area (Å²) in [5.41, 5.74) is 1.26. The Morgan fingerprint density at radius 2 is 1.70 bits per heavy atom. The SMILES string of the molecule is CN(C(=O)c1cccc(Cl)c1)c1ccc(C(=O)O)cc1. The van der Waals surface area contributed by atoms with E-state index in [1.165, 1.54) is 17.0 Å². The first kappa shape index (κ1) is 14.1. The molecular formula is C15H12ClNO3. The molecule has 0 unspecified atom stereocenters. The van der Waals surface area contributed by atoms with E-state index in [9.17, 15) is 9.59 Å². The van der Waals surface area contributed by atoms with E-state index >= 15 is 0 Å². The number of carboxylic acids is 1. The minimum absolute atomic E-state index is 0.178. The van der Waals surface area contributed by atoms with Gasteiger partial charge < -0.3 is 10.0 Å². The quantitative estimate of drug-likeness (QED) is 0.943. The predicted molar refractivity (Wildman–Crippen MR) is 77.6 cm³/mol. The van der Waals surface area contributed by atoms with Crippen LogP contribution in [0.4, 0.5) is 5.69 Å². The Bertz CT molecular complexity index is 652. The van der Waals surface area contributed by atoms with E-state index in [1.807, 2.05) is 0 Å². The largest absolute Gasteiger partial charge is 0.478 e. The van der Waals surface area contributed by atoms with Crippen molar-refractivity contribution >= 4 is 29.2 Å². The molecule has 0 aromatic heterocycles. The van der Waals surface area contributed by atoms with Gasteiger partial charge in [-0.05, 0) is 42.5 Å². The van der Waals surface area contributed by atoms with Crippen molar-refractivity contribution in [3.8, 4) is 0 Å². The zero-order valence-corrected chi connectivity index (χ0v) is 11.5. The van der Waals surface area contributed by atoms with Gasteiger partial charge in [0.15, 0.2) is 0 Å². The molecule has 0 aliphatic heterocycles. The number of benzene rings is 2. The normalized spacial score (nSPS) is 10.1. The molecule has 1 amide bonds. The molecule has 0 fully saturated rings. The number of nitrogens with zero attached hydrogens (tertiary/aromatic N) is 1. The second-order valence-electron chi connectivity index (χ2n) is 4.23. The third kappa shape index (κ3) is 2.97. The molecule has 0 spiro atoms. The fraction of sp³-hybridized carbons (Fsp3) is 0.0667. The standard InChI is InChI=1S/C15H12ClNO3/c1-17(13-7-5-10(6-8-13)15(19)20)14(18)11-3-2-4-12(16)9-11/h2-9H,1H3,(H,19,20). The Morgan fingerprint density at radius 3 is 2.25 bits per heavy atom. The van der Waals surface area contributed by atoms with Crippen LogP contribution >= 0.6 is 11.6 Å². The maximum Gasteiger partial charge on any atom is 0.335 e. The van der Waals surface area contributed by atoms with Crippen LogP contribution in [-0.2, 0) is 0 Å². The van der Waals surface area contributed by atoms with Crippen molar-refractivity contribution in [1.29, 1.82) is 0 Å². The van der Waals surface area contributed by atoms with E-state index in [4.69, 9.17) is 16.7 Å². The minimum Gasteiger partial charge on any atom is -0.478 e. The van der Waals surface area contributed by atoms with Crippen LogP contribution in [0.2, 0.25) is 5.02 Å². The molecule has 2 aromatic rings. The summed E-state index contributed by atoms with van der Waals surface area (Å²) in [6, 6.07) is 12.8. The highest BCUT2D eigenvalue weighted by Crippen LogP contribution is 2.18. The van der Waals surface area contributed by atoms with Crippen LogP contribution in [0.15, 0.2) is 48.5 Å². The van der Waals surface area contributed by atoms with Gasteiger partial charge in [-0.15, -0.1) is 0 Å². The van der Waals surface area contributed by atoms with Gasteiger partial charge in [-0.25, -0.2) is 4.79 Å². The van der Waals surface area contributed by atoms with E-state index in [0.29, 0.717) is 16.3 Å². The molecule has 0 bridgehead atoms. The van der Waals surface area contributed by atoms with Crippen LogP contribution in [0.1, 0.15) is 20.7 Å². The lowest BCUT2D eigenvalue weighted by atomic mass is 10.1. The number of carboxylic acid groups (broad SMARTS) is 1. The van der Waals surface area contributed by atoms with E-state index in [0.717, 1.165) is 0 Å². The van der Waals surface area contributed by atoms with Gasteiger partial charge >= 0.3 is 5.97 Å². The third-order valence-corrected chi connectivity index (χ3v) is 3.11. The highest BCUT2D eigenvalue weighted by molar-refractivity contribution is 6.31. The molecule has 0 aliphatic carbocycles. The van der Waals surface area contributed by atoms with Gasteiger partial charge in [-0.3, -0.25) is 4.79 Å². The Morgan fingerprint density at radius 1 is 1.05 bits per heavy atom. The maximum absolute atomic E-state index is 12.3. The number of hydrogen-bond acceptors (Lipinski definition) is 2. The summed E-state index contributed by atoms with van der Waals surface area (Å²) >= 11 is 5.86. The maximum atomic E-state index is 12.3. The van der Waals surface area contributed by atoms with Gasteiger partial charge in [-0.2, -0.15) is 0 Å². The molecule has 1 N–H and O–H groups in total. The number of rotatable bonds is 3. The fourth-order valence-corrected chi connectivity index (χ4v) is 1.95. The molecule has 20 heavy (non-hydrogen) atoms. The zero-order chi connectivity index (χ0) is 14.7. The summed E-state index contributed by atoms with van der Waals surface area (Å²) in [5, 5.41) is 9.33. The highest BCUT2D eigenvalue weighted by Gasteiger charge is 2.14. The lowest BCUT2D eigenvalue weighted by Gasteiger charge is -2.17. The molecule has 2 aromatic carbocycles. The molecule has 102 valence electrons. The Labute approximate surface area is 121 Å². The summed E-state index contributed by atoms with van der Waals surface area (Å²) < 4.78 is 0. The number of halogens is 1. The summed E-state index contributed by atoms with van der Waals surface area (Å²) in [7, 11) is 1.62. The summed E-state index contributed by atoms with van der Waals surface area (Å²) in [6.45, 7) is 0. The first-order chi connectivity index (χ1) is 9.49. The molecule has 0 atom stereocenters. The summed E-state index contributed by atoms with van der Waals surface area (Å²) in [6.07, 6.45) is 0. The first-order valence-electron chi connectivity index (χ1n) is 5.86. The van der Waals surface area contributed by atoms with Crippen LogP contribution in [0.5, 0.6) is 0 Å². The second-order valence-corrected chi connectivity index (χ2v) is 4.66. The van der Waals surface area contributed by atoms with Crippen LogP contribution in [-0.4, -0.2) is 24.0 Å². The van der Waals surface area contributed by atoms with E-state index in [1.54, 1.807) is 43.4 Å². The van der Waals surface area contributed by atoms with E-state index < -0.39 is 5.97 Å². The van der Waals surface area contributed by atoms with Crippen LogP contribution in [0, 0.1) is 0 Å². The van der Waals surface area contributed by atoms with Crippen LogP contribution in [0.25, 0.3) is 0 Å². The van der Waals surface area contributed by atoms with Crippen LogP contribution in [0.3, 0.4) is 0 Å². The van der Waals surface area contributed by atoms with Gasteiger partial charge in [0.1, 0.15) is 0 Å². The molecule has 4 nitrogen and oxygen atoms in total. The summed E-state index contributed by atoms with van der Waals surface area (Å²) in [4.78, 5) is 24.5. The molecule has 5 heteroatoms. The summed E-state index contributed by atoms with van der Waals surface area (Å²) in [5.74, 6) is -1.21. The molecule has 0 radical (unpaired) electrons. The van der Waals surface area contributed by atoms with Gasteiger partial charge in [0, 0.05) is 23.3 Å². The average Bonchev–Trinajstić information content (AvgIpc) is 2.46. The van der Waals surface area contributed by atoms with Gasteiger partial charge in [0.2, 0.25) is 0 Å². The third-order valence-electron chi connectivity index (χ3n) is 2.88. The number of aromatic carboxylic acids is 1. The van der Waals surface area contributed by atoms with Crippen molar-refractivity contribution in [3.63, 3.8) is 0 Å². The number of hydrogen-bond donors (Lipinski definition) is 1. The number of carbonyl (C=O) groups is 2. The minimum atomic E-state index is -1.000. The van der Waals surface area contributed by atoms with E-state index in [2.05, 4.69) is 0 Å². The lowest BCUT2D eigenvalue weighted by molar-refractivity contribution is 0.0696. The molecule has 2 rings (SSSR count).